The molecule has 33 heavy (non-hydrogen) atoms. The van der Waals surface area contributed by atoms with E-state index in [1.165, 1.54) is 30.3 Å². The predicted octanol–water partition coefficient (Wildman–Crippen LogP) is 5.37. The molecule has 2 N–H and O–H groups in total. The van der Waals surface area contributed by atoms with Crippen LogP contribution in [-0.2, 0) is 10.9 Å². The molecule has 0 bridgehead atoms. The van der Waals surface area contributed by atoms with Crippen molar-refractivity contribution in [2.45, 2.75) is 19.5 Å². The molecule has 9 heteroatoms. The Kier molecular flexibility index (Phi) is 7.89. The first-order valence-corrected chi connectivity index (χ1v) is 10.3. The summed E-state index contributed by atoms with van der Waals surface area (Å²) in [6.45, 7) is 3.53. The molecule has 6 nitrogen and oxygen atoms in total. The molecule has 0 radical (unpaired) electrons. The topological polar surface area (TPSA) is 80.6 Å². The summed E-state index contributed by atoms with van der Waals surface area (Å²) in [4.78, 5) is 24.8. The summed E-state index contributed by atoms with van der Waals surface area (Å²) >= 11 is 0. The number of hydrogen-bond donors (Lipinski definition) is 2. The average Bonchev–Trinajstić information content (AvgIpc) is 3.29. The normalized spacial score (nSPS) is 11.3. The number of halogens is 3. The van der Waals surface area contributed by atoms with Crippen LogP contribution in [0.2, 0.25) is 0 Å². The maximum atomic E-state index is 12.9. The van der Waals surface area contributed by atoms with E-state index in [4.69, 9.17) is 9.15 Å². The summed E-state index contributed by atoms with van der Waals surface area (Å²) in [6.07, 6.45) is -3.80. The van der Waals surface area contributed by atoms with Gasteiger partial charge in [0.1, 0.15) is 5.76 Å². The van der Waals surface area contributed by atoms with E-state index in [-0.39, 0.29) is 23.0 Å². The molecule has 1 aromatic heterocycles. The average molecular weight is 460 g/mol. The Morgan fingerprint density at radius 1 is 1.00 bits per heavy atom. The van der Waals surface area contributed by atoms with Crippen molar-refractivity contribution < 1.29 is 31.9 Å². The number of ether oxygens (including phenoxy) is 1. The lowest BCUT2D eigenvalue weighted by Gasteiger charge is -2.08. The molecular weight excluding hydrogens is 437 g/mol. The standard InChI is InChI=1S/C24H23F3N2O4/c1-2-32-13-5-12-28-22(30)17-7-4-9-19(15-17)29-23(31)21-11-10-20(33-21)16-6-3-8-18(14-16)24(25,26)27/h3-4,6-11,14-15H,2,5,12-13H2,1H3,(H,28,30)(H,29,31). The van der Waals surface area contributed by atoms with E-state index >= 15 is 0 Å². The number of carbonyl (C=O) groups excluding carboxylic acids is 2. The molecule has 0 saturated carbocycles. The second-order valence-electron chi connectivity index (χ2n) is 7.08. The van der Waals surface area contributed by atoms with Gasteiger partial charge in [-0.25, -0.2) is 0 Å². The van der Waals surface area contributed by atoms with E-state index in [9.17, 15) is 22.8 Å². The molecule has 1 heterocycles. The van der Waals surface area contributed by atoms with Gasteiger partial charge in [0.2, 0.25) is 0 Å². The monoisotopic (exact) mass is 460 g/mol. The number of carbonyl (C=O) groups is 2. The van der Waals surface area contributed by atoms with E-state index in [0.29, 0.717) is 37.4 Å². The van der Waals surface area contributed by atoms with Crippen LogP contribution in [0.1, 0.15) is 39.8 Å². The SMILES string of the molecule is CCOCCCNC(=O)c1cccc(NC(=O)c2ccc(-c3cccc(C(F)(F)F)c3)o2)c1. The van der Waals surface area contributed by atoms with E-state index in [2.05, 4.69) is 10.6 Å². The Morgan fingerprint density at radius 2 is 1.79 bits per heavy atom. The fourth-order valence-electron chi connectivity index (χ4n) is 3.02. The Hall–Kier alpha value is -3.59. The third-order valence-corrected chi connectivity index (χ3v) is 4.64. The van der Waals surface area contributed by atoms with Gasteiger partial charge in [-0.1, -0.05) is 18.2 Å². The number of anilines is 1. The molecule has 0 saturated heterocycles. The number of nitrogens with one attached hydrogen (secondary N) is 2. The van der Waals surface area contributed by atoms with Crippen LogP contribution in [0.25, 0.3) is 11.3 Å². The van der Waals surface area contributed by atoms with Gasteiger partial charge in [-0.15, -0.1) is 0 Å². The molecule has 3 rings (SSSR count). The van der Waals surface area contributed by atoms with Crippen LogP contribution in [-0.4, -0.2) is 31.6 Å². The summed E-state index contributed by atoms with van der Waals surface area (Å²) in [5.74, 6) is -0.824. The maximum Gasteiger partial charge on any atom is 0.416 e. The fraction of sp³-hybridized carbons (Fsp3) is 0.250. The van der Waals surface area contributed by atoms with Crippen LogP contribution in [0.3, 0.4) is 0 Å². The zero-order valence-electron chi connectivity index (χ0n) is 17.9. The van der Waals surface area contributed by atoms with E-state index in [1.54, 1.807) is 18.2 Å². The number of amides is 2. The molecular formula is C24H23F3N2O4. The second kappa shape index (κ2) is 10.8. The lowest BCUT2D eigenvalue weighted by molar-refractivity contribution is -0.137. The Balaban J connectivity index is 1.64. The number of rotatable bonds is 9. The second-order valence-corrected chi connectivity index (χ2v) is 7.08. The molecule has 0 atom stereocenters. The number of alkyl halides is 3. The van der Waals surface area contributed by atoms with Crippen molar-refractivity contribution in [2.75, 3.05) is 25.1 Å². The van der Waals surface area contributed by atoms with Crippen molar-refractivity contribution in [3.05, 3.63) is 77.6 Å². The highest BCUT2D eigenvalue weighted by Crippen LogP contribution is 2.32. The minimum absolute atomic E-state index is 0.0757. The van der Waals surface area contributed by atoms with Crippen molar-refractivity contribution >= 4 is 17.5 Å². The largest absolute Gasteiger partial charge is 0.451 e. The highest BCUT2D eigenvalue weighted by Gasteiger charge is 2.30. The highest BCUT2D eigenvalue weighted by atomic mass is 19.4. The summed E-state index contributed by atoms with van der Waals surface area (Å²) in [7, 11) is 0. The minimum atomic E-state index is -4.48. The van der Waals surface area contributed by atoms with Crippen molar-refractivity contribution in [3.8, 4) is 11.3 Å². The smallest absolute Gasteiger partial charge is 0.416 e. The number of hydrogen-bond acceptors (Lipinski definition) is 4. The van der Waals surface area contributed by atoms with Crippen LogP contribution in [0, 0.1) is 0 Å². The van der Waals surface area contributed by atoms with Gasteiger partial charge < -0.3 is 19.8 Å². The zero-order valence-corrected chi connectivity index (χ0v) is 17.9. The van der Waals surface area contributed by atoms with Crippen LogP contribution < -0.4 is 10.6 Å². The van der Waals surface area contributed by atoms with Crippen molar-refractivity contribution in [3.63, 3.8) is 0 Å². The lowest BCUT2D eigenvalue weighted by Crippen LogP contribution is -2.25. The van der Waals surface area contributed by atoms with E-state index < -0.39 is 17.6 Å². The van der Waals surface area contributed by atoms with Gasteiger partial charge >= 0.3 is 6.18 Å². The maximum absolute atomic E-state index is 12.9. The molecule has 0 aliphatic rings. The van der Waals surface area contributed by atoms with Crippen LogP contribution in [0.4, 0.5) is 18.9 Å². The minimum Gasteiger partial charge on any atom is -0.451 e. The van der Waals surface area contributed by atoms with Gasteiger partial charge in [-0.3, -0.25) is 9.59 Å². The highest BCUT2D eigenvalue weighted by molar-refractivity contribution is 6.03. The summed E-state index contributed by atoms with van der Waals surface area (Å²) in [5.41, 5.74) is 0.134. The van der Waals surface area contributed by atoms with Crippen molar-refractivity contribution in [2.24, 2.45) is 0 Å². The first-order chi connectivity index (χ1) is 15.8. The van der Waals surface area contributed by atoms with Gasteiger partial charge in [0, 0.05) is 36.6 Å². The number of benzene rings is 2. The van der Waals surface area contributed by atoms with Crippen LogP contribution in [0.15, 0.2) is 65.1 Å². The molecule has 0 fully saturated rings. The summed E-state index contributed by atoms with van der Waals surface area (Å²) in [6, 6.07) is 13.8. The third-order valence-electron chi connectivity index (χ3n) is 4.64. The Labute approximate surface area is 188 Å². The summed E-state index contributed by atoms with van der Waals surface area (Å²) in [5, 5.41) is 5.40. The van der Waals surface area contributed by atoms with Crippen LogP contribution >= 0.6 is 0 Å². The van der Waals surface area contributed by atoms with E-state index in [1.807, 2.05) is 6.92 Å². The molecule has 0 aliphatic carbocycles. The molecule has 0 aliphatic heterocycles. The first-order valence-electron chi connectivity index (χ1n) is 10.3. The summed E-state index contributed by atoms with van der Waals surface area (Å²) < 4.78 is 49.5. The van der Waals surface area contributed by atoms with Gasteiger partial charge in [-0.05, 0) is 55.8 Å². The zero-order chi connectivity index (χ0) is 23.8. The van der Waals surface area contributed by atoms with Crippen molar-refractivity contribution in [1.29, 1.82) is 0 Å². The quantitative estimate of drug-likeness (QED) is 0.421. The fourth-order valence-corrected chi connectivity index (χ4v) is 3.02. The predicted molar refractivity (Wildman–Crippen MR) is 117 cm³/mol. The third kappa shape index (κ3) is 6.69. The van der Waals surface area contributed by atoms with Crippen molar-refractivity contribution in [1.82, 2.24) is 5.32 Å². The molecule has 174 valence electrons. The van der Waals surface area contributed by atoms with Gasteiger partial charge in [0.15, 0.2) is 5.76 Å². The molecule has 2 aromatic carbocycles. The molecule has 2 amide bonds. The van der Waals surface area contributed by atoms with Gasteiger partial charge in [-0.2, -0.15) is 13.2 Å². The molecule has 0 unspecified atom stereocenters. The Morgan fingerprint density at radius 3 is 2.55 bits per heavy atom. The Bertz CT molecular complexity index is 1110. The van der Waals surface area contributed by atoms with E-state index in [0.717, 1.165) is 12.1 Å². The number of furan rings is 1. The van der Waals surface area contributed by atoms with Crippen LogP contribution in [0.5, 0.6) is 0 Å². The lowest BCUT2D eigenvalue weighted by atomic mass is 10.1. The molecule has 0 spiro atoms. The van der Waals surface area contributed by atoms with Gasteiger partial charge in [0.05, 0.1) is 5.56 Å². The molecule has 3 aromatic rings. The first kappa shape index (κ1) is 24.1. The van der Waals surface area contributed by atoms with Gasteiger partial charge in [0.25, 0.3) is 11.8 Å².